The lowest BCUT2D eigenvalue weighted by molar-refractivity contribution is -0.145. The van der Waals surface area contributed by atoms with Crippen LogP contribution in [0.2, 0.25) is 0 Å². The quantitative estimate of drug-likeness (QED) is 0.396. The van der Waals surface area contributed by atoms with Crippen molar-refractivity contribution in [1.82, 2.24) is 15.0 Å². The molecule has 2 aromatic heterocycles. The summed E-state index contributed by atoms with van der Waals surface area (Å²) >= 11 is 0. The van der Waals surface area contributed by atoms with Gasteiger partial charge in [0, 0.05) is 18.2 Å². The van der Waals surface area contributed by atoms with Gasteiger partial charge in [0.2, 0.25) is 0 Å². The molecule has 0 aliphatic heterocycles. The van der Waals surface area contributed by atoms with Gasteiger partial charge in [-0.15, -0.1) is 0 Å². The van der Waals surface area contributed by atoms with Gasteiger partial charge in [0.25, 0.3) is 5.56 Å². The number of nitrogens with zero attached hydrogens (tertiary/aromatic N) is 2. The number of hydrogen-bond donors (Lipinski definition) is 1. The second-order valence-corrected chi connectivity index (χ2v) is 7.84. The summed E-state index contributed by atoms with van der Waals surface area (Å²) < 4.78 is 10.6. The molecule has 8 heteroatoms. The Kier molecular flexibility index (Phi) is 6.96. The summed E-state index contributed by atoms with van der Waals surface area (Å²) in [5.41, 5.74) is 2.56. The van der Waals surface area contributed by atoms with Crippen molar-refractivity contribution in [3.63, 3.8) is 0 Å². The van der Waals surface area contributed by atoms with Crippen molar-refractivity contribution < 1.29 is 19.1 Å². The number of esters is 2. The molecule has 0 fully saturated rings. The summed E-state index contributed by atoms with van der Waals surface area (Å²) in [5, 5.41) is 1.37. The Morgan fingerprint density at radius 3 is 2.35 bits per heavy atom. The number of carbonyl (C=O) groups is 2. The smallest absolute Gasteiger partial charge is 0.340 e. The zero-order valence-electron chi connectivity index (χ0n) is 19.1. The summed E-state index contributed by atoms with van der Waals surface area (Å²) in [6.07, 6.45) is 1.02. The first-order valence-corrected chi connectivity index (χ1v) is 11.2. The van der Waals surface area contributed by atoms with E-state index in [1.807, 2.05) is 37.3 Å². The van der Waals surface area contributed by atoms with Gasteiger partial charge in [-0.1, -0.05) is 30.3 Å². The Bertz CT molecular complexity index is 1430. The van der Waals surface area contributed by atoms with Crippen LogP contribution >= 0.6 is 0 Å². The molecule has 1 N–H and O–H groups in total. The third-order valence-electron chi connectivity index (χ3n) is 5.53. The van der Waals surface area contributed by atoms with E-state index in [2.05, 4.69) is 15.0 Å². The second kappa shape index (κ2) is 10.2. The molecule has 2 heterocycles. The third kappa shape index (κ3) is 4.96. The van der Waals surface area contributed by atoms with Gasteiger partial charge in [-0.25, -0.2) is 14.8 Å². The molecule has 0 atom stereocenters. The number of hydrogen-bond acceptors (Lipinski definition) is 7. The minimum Gasteiger partial charge on any atom is -0.462 e. The maximum atomic E-state index is 12.6. The zero-order valence-corrected chi connectivity index (χ0v) is 19.1. The lowest BCUT2D eigenvalue weighted by Crippen LogP contribution is -2.15. The van der Waals surface area contributed by atoms with Gasteiger partial charge in [0.15, 0.2) is 0 Å². The second-order valence-electron chi connectivity index (χ2n) is 7.84. The highest BCUT2D eigenvalue weighted by atomic mass is 16.5. The number of fused-ring (bicyclic) bond motifs is 2. The molecule has 174 valence electrons. The molecule has 0 amide bonds. The number of nitrogens with one attached hydrogen (secondary N) is 1. The predicted molar refractivity (Wildman–Crippen MR) is 128 cm³/mol. The number of aromatic nitrogens is 3. The summed E-state index contributed by atoms with van der Waals surface area (Å²) in [6.45, 7) is 3.66. The molecule has 2 aromatic carbocycles. The van der Waals surface area contributed by atoms with Gasteiger partial charge < -0.3 is 14.5 Å². The van der Waals surface area contributed by atoms with E-state index in [1.54, 1.807) is 25.1 Å². The SMILES string of the molecule is CCOC(=O)c1c(COC(=O)CCCc2nc3ccccc3c(=O)[nH]2)nc2ccccc2c1C. The highest BCUT2D eigenvalue weighted by Crippen LogP contribution is 2.24. The highest BCUT2D eigenvalue weighted by Gasteiger charge is 2.21. The van der Waals surface area contributed by atoms with Crippen LogP contribution in [-0.2, 0) is 27.3 Å². The Hall–Kier alpha value is -4.07. The first kappa shape index (κ1) is 23.1. The summed E-state index contributed by atoms with van der Waals surface area (Å²) in [5.74, 6) is -0.394. The molecule has 0 bridgehead atoms. The van der Waals surface area contributed by atoms with Crippen molar-refractivity contribution in [2.24, 2.45) is 0 Å². The molecule has 0 unspecified atom stereocenters. The third-order valence-corrected chi connectivity index (χ3v) is 5.53. The van der Waals surface area contributed by atoms with Crippen molar-refractivity contribution in [1.29, 1.82) is 0 Å². The van der Waals surface area contributed by atoms with Gasteiger partial charge in [0.1, 0.15) is 12.4 Å². The van der Waals surface area contributed by atoms with E-state index in [0.717, 1.165) is 10.9 Å². The molecule has 0 spiro atoms. The van der Waals surface area contributed by atoms with E-state index in [4.69, 9.17) is 9.47 Å². The molecule has 0 saturated carbocycles. The van der Waals surface area contributed by atoms with Gasteiger partial charge in [0.05, 0.1) is 34.3 Å². The number of H-pyrrole nitrogens is 1. The normalized spacial score (nSPS) is 11.0. The van der Waals surface area contributed by atoms with E-state index in [1.165, 1.54) is 0 Å². The van der Waals surface area contributed by atoms with Crippen molar-refractivity contribution >= 4 is 33.7 Å². The van der Waals surface area contributed by atoms with Crippen LogP contribution in [0.5, 0.6) is 0 Å². The molecule has 0 radical (unpaired) electrons. The number of pyridine rings is 1. The number of para-hydroxylation sites is 2. The fourth-order valence-corrected chi connectivity index (χ4v) is 3.89. The minimum absolute atomic E-state index is 0.135. The Balaban J connectivity index is 1.42. The first-order valence-electron chi connectivity index (χ1n) is 11.2. The lowest BCUT2D eigenvalue weighted by atomic mass is 10.0. The van der Waals surface area contributed by atoms with Crippen LogP contribution in [0.15, 0.2) is 53.3 Å². The fourth-order valence-electron chi connectivity index (χ4n) is 3.89. The number of carbonyl (C=O) groups excluding carboxylic acids is 2. The van der Waals surface area contributed by atoms with Crippen molar-refractivity contribution in [3.05, 3.63) is 81.5 Å². The standard InChI is InChI=1S/C26H25N3O5/c1-3-33-26(32)24-16(2)17-9-4-6-11-19(17)27-21(24)15-34-23(30)14-8-13-22-28-20-12-7-5-10-18(20)25(31)29-22/h4-7,9-12H,3,8,13-15H2,1-2H3,(H,28,29,31). The lowest BCUT2D eigenvalue weighted by Gasteiger charge is -2.14. The molecule has 4 aromatic rings. The monoisotopic (exact) mass is 459 g/mol. The maximum Gasteiger partial charge on any atom is 0.340 e. The van der Waals surface area contributed by atoms with Gasteiger partial charge in [-0.05, 0) is 44.0 Å². The topological polar surface area (TPSA) is 111 Å². The van der Waals surface area contributed by atoms with Gasteiger partial charge in [-0.2, -0.15) is 0 Å². The minimum atomic E-state index is -0.490. The van der Waals surface area contributed by atoms with E-state index in [9.17, 15) is 14.4 Å². The molecule has 34 heavy (non-hydrogen) atoms. The summed E-state index contributed by atoms with van der Waals surface area (Å²) in [6, 6.07) is 14.6. The maximum absolute atomic E-state index is 12.6. The first-order chi connectivity index (χ1) is 16.5. The molecular formula is C26H25N3O5. The number of rotatable bonds is 8. The molecular weight excluding hydrogens is 434 g/mol. The molecule has 8 nitrogen and oxygen atoms in total. The Morgan fingerprint density at radius 1 is 0.941 bits per heavy atom. The van der Waals surface area contributed by atoms with Crippen LogP contribution in [0.1, 0.15) is 47.2 Å². The van der Waals surface area contributed by atoms with Crippen molar-refractivity contribution in [3.8, 4) is 0 Å². The number of benzene rings is 2. The van der Waals surface area contributed by atoms with E-state index < -0.39 is 11.9 Å². The predicted octanol–water partition coefficient (Wildman–Crippen LogP) is 4.02. The van der Waals surface area contributed by atoms with Crippen molar-refractivity contribution in [2.45, 2.75) is 39.7 Å². The molecule has 0 aliphatic carbocycles. The van der Waals surface area contributed by atoms with Gasteiger partial charge >= 0.3 is 11.9 Å². The Morgan fingerprint density at radius 2 is 1.62 bits per heavy atom. The van der Waals surface area contributed by atoms with E-state index in [-0.39, 0.29) is 25.2 Å². The number of aromatic amines is 1. The van der Waals surface area contributed by atoms with Gasteiger partial charge in [-0.3, -0.25) is 9.59 Å². The largest absolute Gasteiger partial charge is 0.462 e. The average molecular weight is 460 g/mol. The molecule has 0 aliphatic rings. The number of aryl methyl sites for hydroxylation is 2. The fraction of sp³-hybridized carbons (Fsp3) is 0.269. The number of ether oxygens (including phenoxy) is 2. The van der Waals surface area contributed by atoms with Crippen LogP contribution in [0.3, 0.4) is 0 Å². The summed E-state index contributed by atoms with van der Waals surface area (Å²) in [7, 11) is 0. The van der Waals surface area contributed by atoms with E-state index in [0.29, 0.717) is 46.3 Å². The van der Waals surface area contributed by atoms with Crippen LogP contribution in [0.4, 0.5) is 0 Å². The molecule has 0 saturated heterocycles. The van der Waals surface area contributed by atoms with E-state index >= 15 is 0 Å². The van der Waals surface area contributed by atoms with Crippen molar-refractivity contribution in [2.75, 3.05) is 6.61 Å². The molecule has 4 rings (SSSR count). The van der Waals surface area contributed by atoms with Crippen LogP contribution < -0.4 is 5.56 Å². The zero-order chi connectivity index (χ0) is 24.1. The van der Waals surface area contributed by atoms with Crippen LogP contribution in [0.25, 0.3) is 21.8 Å². The Labute approximate surface area is 196 Å². The van der Waals surface area contributed by atoms with Crippen LogP contribution in [-0.4, -0.2) is 33.5 Å². The summed E-state index contributed by atoms with van der Waals surface area (Å²) in [4.78, 5) is 48.9. The average Bonchev–Trinajstić information content (AvgIpc) is 2.83. The highest BCUT2D eigenvalue weighted by molar-refractivity contribution is 5.98. The van der Waals surface area contributed by atoms with Crippen LogP contribution in [0, 0.1) is 6.92 Å².